The number of amides is 3. The van der Waals surface area contributed by atoms with E-state index in [0.29, 0.717) is 17.7 Å². The Bertz CT molecular complexity index is 754. The molecule has 1 heterocycles. The highest BCUT2D eigenvalue weighted by Gasteiger charge is 2.17. The average Bonchev–Trinajstić information content (AvgIpc) is 2.74. The Morgan fingerprint density at radius 1 is 1.03 bits per heavy atom. The van der Waals surface area contributed by atoms with Gasteiger partial charge in [0.2, 0.25) is 0 Å². The zero-order chi connectivity index (χ0) is 22.9. The van der Waals surface area contributed by atoms with Crippen LogP contribution < -0.4 is 10.6 Å². The van der Waals surface area contributed by atoms with Gasteiger partial charge in [0, 0.05) is 44.4 Å². The molecule has 1 aromatic rings. The summed E-state index contributed by atoms with van der Waals surface area (Å²) in [6.07, 6.45) is 3.21. The van der Waals surface area contributed by atoms with E-state index >= 15 is 0 Å². The highest BCUT2D eigenvalue weighted by atomic mass is 16.6. The Balaban J connectivity index is 1.79. The van der Waals surface area contributed by atoms with Gasteiger partial charge in [0.05, 0.1) is 0 Å². The number of rotatable bonds is 8. The van der Waals surface area contributed by atoms with Crippen LogP contribution in [0.2, 0.25) is 0 Å². The number of nitrogens with one attached hydrogen (secondary N) is 2. The normalized spacial score (nSPS) is 14.6. The third-order valence-corrected chi connectivity index (χ3v) is 5.00. The van der Waals surface area contributed by atoms with Crippen LogP contribution in [0.3, 0.4) is 0 Å². The van der Waals surface area contributed by atoms with Crippen molar-refractivity contribution >= 4 is 17.9 Å². The van der Waals surface area contributed by atoms with Crippen molar-refractivity contribution in [1.29, 1.82) is 0 Å². The minimum absolute atomic E-state index is 0.0988. The van der Waals surface area contributed by atoms with Crippen LogP contribution in [-0.2, 0) is 4.74 Å². The fourth-order valence-electron chi connectivity index (χ4n) is 3.35. The van der Waals surface area contributed by atoms with Crippen LogP contribution in [-0.4, -0.2) is 79.6 Å². The molecule has 0 spiro atoms. The van der Waals surface area contributed by atoms with Crippen LogP contribution in [0.15, 0.2) is 24.3 Å². The van der Waals surface area contributed by atoms with Crippen LogP contribution >= 0.6 is 0 Å². The first kappa shape index (κ1) is 24.7. The summed E-state index contributed by atoms with van der Waals surface area (Å²) in [5, 5.41) is 5.33. The molecule has 8 nitrogen and oxygen atoms in total. The molecule has 0 atom stereocenters. The molecule has 0 saturated carbocycles. The monoisotopic (exact) mass is 432 g/mol. The van der Waals surface area contributed by atoms with E-state index in [1.165, 1.54) is 19.3 Å². The SMILES string of the molecule is CN(CCN1CCCCC1)C(=O)c1cccc(C(=O)NCCNC(=O)OC(C)(C)C)c1. The van der Waals surface area contributed by atoms with Gasteiger partial charge in [-0.15, -0.1) is 0 Å². The average molecular weight is 433 g/mol. The van der Waals surface area contributed by atoms with Crippen molar-refractivity contribution in [2.45, 2.75) is 45.6 Å². The van der Waals surface area contributed by atoms with Crippen molar-refractivity contribution in [3.63, 3.8) is 0 Å². The molecule has 0 bridgehead atoms. The lowest BCUT2D eigenvalue weighted by Gasteiger charge is -2.28. The van der Waals surface area contributed by atoms with E-state index in [2.05, 4.69) is 15.5 Å². The maximum absolute atomic E-state index is 12.8. The highest BCUT2D eigenvalue weighted by Crippen LogP contribution is 2.11. The van der Waals surface area contributed by atoms with Crippen molar-refractivity contribution in [1.82, 2.24) is 20.4 Å². The van der Waals surface area contributed by atoms with Gasteiger partial charge >= 0.3 is 6.09 Å². The number of piperidine rings is 1. The number of hydrogen-bond donors (Lipinski definition) is 2. The maximum atomic E-state index is 12.8. The van der Waals surface area contributed by atoms with Gasteiger partial charge in [0.15, 0.2) is 0 Å². The molecule has 3 amide bonds. The molecular weight excluding hydrogens is 396 g/mol. The number of hydrogen-bond acceptors (Lipinski definition) is 5. The predicted octanol–water partition coefficient (Wildman–Crippen LogP) is 2.50. The molecule has 0 radical (unpaired) electrons. The lowest BCUT2D eigenvalue weighted by molar-refractivity contribution is 0.0526. The van der Waals surface area contributed by atoms with E-state index in [1.54, 1.807) is 57.0 Å². The molecule has 1 aromatic carbocycles. The zero-order valence-corrected chi connectivity index (χ0v) is 19.2. The van der Waals surface area contributed by atoms with Crippen LogP contribution in [0.1, 0.15) is 60.7 Å². The van der Waals surface area contributed by atoms with E-state index in [0.717, 1.165) is 19.6 Å². The van der Waals surface area contributed by atoms with E-state index in [1.807, 2.05) is 0 Å². The molecule has 1 aliphatic rings. The number of nitrogens with zero attached hydrogens (tertiary/aromatic N) is 2. The Morgan fingerprint density at radius 3 is 2.35 bits per heavy atom. The number of alkyl carbamates (subject to hydrolysis) is 1. The minimum atomic E-state index is -0.568. The molecule has 31 heavy (non-hydrogen) atoms. The Kier molecular flexibility index (Phi) is 9.30. The second-order valence-corrected chi connectivity index (χ2v) is 8.89. The number of carbonyl (C=O) groups excluding carboxylic acids is 3. The van der Waals surface area contributed by atoms with Crippen LogP contribution in [0.25, 0.3) is 0 Å². The zero-order valence-electron chi connectivity index (χ0n) is 19.2. The van der Waals surface area contributed by atoms with Crippen molar-refractivity contribution in [3.8, 4) is 0 Å². The number of carbonyl (C=O) groups is 3. The topological polar surface area (TPSA) is 91.0 Å². The summed E-state index contributed by atoms with van der Waals surface area (Å²) < 4.78 is 5.14. The summed E-state index contributed by atoms with van der Waals surface area (Å²) in [4.78, 5) is 40.9. The first-order valence-corrected chi connectivity index (χ1v) is 11.0. The van der Waals surface area contributed by atoms with Crippen LogP contribution in [0, 0.1) is 0 Å². The quantitative estimate of drug-likeness (QED) is 0.616. The third kappa shape index (κ3) is 8.96. The van der Waals surface area contributed by atoms with Crippen molar-refractivity contribution in [2.75, 3.05) is 46.3 Å². The molecule has 1 fully saturated rings. The molecule has 0 unspecified atom stereocenters. The summed E-state index contributed by atoms with van der Waals surface area (Å²) in [5.41, 5.74) is 0.328. The molecule has 0 aliphatic carbocycles. The van der Waals surface area contributed by atoms with E-state index in [9.17, 15) is 14.4 Å². The van der Waals surface area contributed by atoms with Crippen molar-refractivity contribution < 1.29 is 19.1 Å². The Morgan fingerprint density at radius 2 is 1.68 bits per heavy atom. The molecule has 1 aliphatic heterocycles. The van der Waals surface area contributed by atoms with Crippen molar-refractivity contribution in [3.05, 3.63) is 35.4 Å². The van der Waals surface area contributed by atoms with Crippen LogP contribution in [0.4, 0.5) is 4.79 Å². The van der Waals surface area contributed by atoms with E-state index in [-0.39, 0.29) is 24.9 Å². The summed E-state index contributed by atoms with van der Waals surface area (Å²) in [5.74, 6) is -0.394. The van der Waals surface area contributed by atoms with Gasteiger partial charge < -0.3 is 25.2 Å². The van der Waals surface area contributed by atoms with Crippen LogP contribution in [0.5, 0.6) is 0 Å². The number of ether oxygens (including phenoxy) is 1. The lowest BCUT2D eigenvalue weighted by Crippen LogP contribution is -2.39. The Labute approximate surface area is 185 Å². The molecule has 8 heteroatoms. The molecule has 2 N–H and O–H groups in total. The van der Waals surface area contributed by atoms with Gasteiger partial charge in [-0.25, -0.2) is 4.79 Å². The summed E-state index contributed by atoms with van der Waals surface area (Å²) >= 11 is 0. The summed E-state index contributed by atoms with van der Waals surface area (Å²) in [6.45, 7) is 9.58. The fraction of sp³-hybridized carbons (Fsp3) is 0.609. The number of likely N-dealkylation sites (N-methyl/N-ethyl adjacent to an activating group) is 1. The highest BCUT2D eigenvalue weighted by molar-refractivity contribution is 5.99. The second-order valence-electron chi connectivity index (χ2n) is 8.89. The Hall–Kier alpha value is -2.61. The molecule has 1 saturated heterocycles. The van der Waals surface area contributed by atoms with Crippen molar-refractivity contribution in [2.24, 2.45) is 0 Å². The summed E-state index contributed by atoms with van der Waals surface area (Å²) in [6, 6.07) is 6.71. The second kappa shape index (κ2) is 11.7. The van der Waals surface area contributed by atoms with E-state index < -0.39 is 11.7 Å². The van der Waals surface area contributed by atoms with Gasteiger partial charge in [0.25, 0.3) is 11.8 Å². The van der Waals surface area contributed by atoms with Gasteiger partial charge in [0.1, 0.15) is 5.60 Å². The predicted molar refractivity (Wildman–Crippen MR) is 120 cm³/mol. The number of benzene rings is 1. The first-order chi connectivity index (χ1) is 14.7. The fourth-order valence-corrected chi connectivity index (χ4v) is 3.35. The van der Waals surface area contributed by atoms with Gasteiger partial charge in [-0.2, -0.15) is 0 Å². The largest absolute Gasteiger partial charge is 0.444 e. The molecule has 2 rings (SSSR count). The smallest absolute Gasteiger partial charge is 0.407 e. The molecular formula is C23H36N4O4. The summed E-state index contributed by atoms with van der Waals surface area (Å²) in [7, 11) is 1.79. The molecule has 172 valence electrons. The minimum Gasteiger partial charge on any atom is -0.444 e. The lowest BCUT2D eigenvalue weighted by atomic mass is 10.1. The standard InChI is InChI=1S/C23H36N4O4/c1-23(2,3)31-22(30)25-12-11-24-20(28)18-9-8-10-19(17-18)21(29)26(4)15-16-27-13-6-5-7-14-27/h8-10,17H,5-7,11-16H2,1-4H3,(H,24,28)(H,25,30). The third-order valence-electron chi connectivity index (χ3n) is 5.00. The van der Waals surface area contributed by atoms with Gasteiger partial charge in [-0.3, -0.25) is 9.59 Å². The van der Waals surface area contributed by atoms with Gasteiger partial charge in [-0.05, 0) is 64.9 Å². The maximum Gasteiger partial charge on any atom is 0.407 e. The van der Waals surface area contributed by atoms with Gasteiger partial charge in [-0.1, -0.05) is 12.5 Å². The first-order valence-electron chi connectivity index (χ1n) is 11.0. The molecule has 0 aromatic heterocycles. The number of likely N-dealkylation sites (tertiary alicyclic amines) is 1. The van der Waals surface area contributed by atoms with E-state index in [4.69, 9.17) is 4.74 Å².